The van der Waals surface area contributed by atoms with Crippen molar-refractivity contribution < 1.29 is 0 Å². The summed E-state index contributed by atoms with van der Waals surface area (Å²) in [7, 11) is 0. The zero-order chi connectivity index (χ0) is 11.7. The molecule has 0 spiro atoms. The van der Waals surface area contributed by atoms with Crippen LogP contribution in [-0.4, -0.2) is 0 Å². The predicted molar refractivity (Wildman–Crippen MR) is 66.6 cm³/mol. The molecule has 0 saturated heterocycles. The van der Waals surface area contributed by atoms with E-state index in [-0.39, 0.29) is 10.8 Å². The molecular weight excluding hydrogens is 216 g/mol. The molecular formula is C13H16N2S. The van der Waals surface area contributed by atoms with Gasteiger partial charge in [-0.2, -0.15) is 5.26 Å². The minimum Gasteiger partial charge on any atom is -0.389 e. The van der Waals surface area contributed by atoms with Crippen LogP contribution in [0.3, 0.4) is 0 Å². The first-order valence-corrected chi connectivity index (χ1v) is 6.58. The molecule has 2 N–H and O–H groups in total. The molecule has 2 nitrogen and oxygen atoms in total. The number of rotatable bonds is 0. The summed E-state index contributed by atoms with van der Waals surface area (Å²) in [4.78, 5) is 1.40. The smallest absolute Gasteiger partial charge is 0.104 e. The third-order valence-electron chi connectivity index (χ3n) is 5.17. The van der Waals surface area contributed by atoms with Gasteiger partial charge in [0.05, 0.1) is 5.56 Å². The number of nitrogens with two attached hydrogens (primary N) is 1. The van der Waals surface area contributed by atoms with Crippen LogP contribution in [-0.2, 0) is 5.41 Å². The van der Waals surface area contributed by atoms with Gasteiger partial charge in [-0.25, -0.2) is 0 Å². The van der Waals surface area contributed by atoms with Crippen LogP contribution in [0.15, 0.2) is 0 Å². The topological polar surface area (TPSA) is 49.8 Å². The standard InChI is InChI=1S/C13H16N2S/c1-12(2)8-4-5-13(12,3)9-7(6-14)11(15)16-10(8)9/h8H,4-5,15H2,1-3H3/t8-,13+/m1/s1. The monoisotopic (exact) mass is 232 g/mol. The Bertz CT molecular complexity index is 521. The fraction of sp³-hybridized carbons (Fsp3) is 0.615. The van der Waals surface area contributed by atoms with E-state index in [0.717, 1.165) is 10.6 Å². The van der Waals surface area contributed by atoms with Crippen molar-refractivity contribution in [3.8, 4) is 6.07 Å². The average molecular weight is 232 g/mol. The first-order chi connectivity index (χ1) is 7.43. The lowest BCUT2D eigenvalue weighted by Gasteiger charge is -2.35. The van der Waals surface area contributed by atoms with Crippen LogP contribution in [0, 0.1) is 16.7 Å². The van der Waals surface area contributed by atoms with E-state index in [0.29, 0.717) is 5.92 Å². The van der Waals surface area contributed by atoms with E-state index in [9.17, 15) is 5.26 Å². The number of hydrogen-bond donors (Lipinski definition) is 1. The van der Waals surface area contributed by atoms with Crippen LogP contribution >= 0.6 is 11.3 Å². The van der Waals surface area contributed by atoms with Crippen molar-refractivity contribution in [2.75, 3.05) is 5.73 Å². The highest BCUT2D eigenvalue weighted by atomic mass is 32.1. The predicted octanol–water partition coefficient (Wildman–Crippen LogP) is 3.38. The Morgan fingerprint density at radius 2 is 2.12 bits per heavy atom. The molecule has 0 aromatic carbocycles. The second kappa shape index (κ2) is 2.62. The summed E-state index contributed by atoms with van der Waals surface area (Å²) >= 11 is 1.65. The molecule has 2 bridgehead atoms. The molecule has 16 heavy (non-hydrogen) atoms. The van der Waals surface area contributed by atoms with Crippen LogP contribution in [0.25, 0.3) is 0 Å². The van der Waals surface area contributed by atoms with Gasteiger partial charge >= 0.3 is 0 Å². The molecule has 2 aliphatic carbocycles. The molecule has 2 aliphatic rings. The second-order valence-electron chi connectivity index (χ2n) is 5.84. The summed E-state index contributed by atoms with van der Waals surface area (Å²) in [5, 5.41) is 9.98. The van der Waals surface area contributed by atoms with Crippen molar-refractivity contribution in [3.63, 3.8) is 0 Å². The van der Waals surface area contributed by atoms with Crippen LogP contribution in [0.1, 0.15) is 55.5 Å². The van der Waals surface area contributed by atoms with Gasteiger partial charge in [-0.05, 0) is 29.7 Å². The SMILES string of the molecule is CC1(C)[C@@H]2CC[C@@]1(C)c1c2sc(N)c1C#N. The number of anilines is 1. The molecule has 3 rings (SSSR count). The number of thiophene rings is 1. The highest BCUT2D eigenvalue weighted by molar-refractivity contribution is 7.16. The van der Waals surface area contributed by atoms with E-state index in [4.69, 9.17) is 5.73 Å². The van der Waals surface area contributed by atoms with Gasteiger partial charge in [0.2, 0.25) is 0 Å². The quantitative estimate of drug-likeness (QED) is 0.745. The van der Waals surface area contributed by atoms with Crippen LogP contribution in [0.5, 0.6) is 0 Å². The number of nitrogen functional groups attached to an aromatic ring is 1. The lowest BCUT2D eigenvalue weighted by Crippen LogP contribution is -2.31. The molecule has 1 aromatic heterocycles. The summed E-state index contributed by atoms with van der Waals surface area (Å²) < 4.78 is 0. The fourth-order valence-electron chi connectivity index (χ4n) is 3.78. The third-order valence-corrected chi connectivity index (χ3v) is 6.30. The van der Waals surface area contributed by atoms with E-state index in [1.54, 1.807) is 11.3 Å². The van der Waals surface area contributed by atoms with E-state index in [1.165, 1.54) is 23.3 Å². The van der Waals surface area contributed by atoms with Gasteiger partial charge < -0.3 is 5.73 Å². The van der Waals surface area contributed by atoms with Crippen LogP contribution in [0.4, 0.5) is 5.00 Å². The second-order valence-corrected chi connectivity index (χ2v) is 6.92. The number of fused-ring (bicyclic) bond motifs is 5. The Hall–Kier alpha value is -1.01. The maximum atomic E-state index is 9.26. The zero-order valence-corrected chi connectivity index (χ0v) is 10.7. The van der Waals surface area contributed by atoms with Crippen molar-refractivity contribution in [2.45, 2.75) is 44.9 Å². The Morgan fingerprint density at radius 1 is 1.44 bits per heavy atom. The summed E-state index contributed by atoms with van der Waals surface area (Å²) in [5.74, 6) is 0.613. The Morgan fingerprint density at radius 3 is 2.75 bits per heavy atom. The summed E-state index contributed by atoms with van der Waals surface area (Å²) in [6.45, 7) is 7.00. The molecule has 0 unspecified atom stereocenters. The van der Waals surface area contributed by atoms with Crippen molar-refractivity contribution in [3.05, 3.63) is 16.0 Å². The minimum atomic E-state index is 0.159. The minimum absolute atomic E-state index is 0.159. The van der Waals surface area contributed by atoms with Crippen LogP contribution in [0.2, 0.25) is 0 Å². The van der Waals surface area contributed by atoms with Crippen LogP contribution < -0.4 is 5.73 Å². The highest BCUT2D eigenvalue weighted by Gasteiger charge is 2.61. The van der Waals surface area contributed by atoms with E-state index in [2.05, 4.69) is 26.8 Å². The summed E-state index contributed by atoms with van der Waals surface area (Å²) in [5.41, 5.74) is 8.44. The van der Waals surface area contributed by atoms with Gasteiger partial charge in [-0.1, -0.05) is 20.8 Å². The van der Waals surface area contributed by atoms with Crippen molar-refractivity contribution >= 4 is 16.3 Å². The first-order valence-electron chi connectivity index (χ1n) is 5.76. The molecule has 0 amide bonds. The van der Waals surface area contributed by atoms with E-state index < -0.39 is 0 Å². The summed E-state index contributed by atoms with van der Waals surface area (Å²) in [6.07, 6.45) is 2.45. The average Bonchev–Trinajstić information content (AvgIpc) is 2.70. The third kappa shape index (κ3) is 0.811. The van der Waals surface area contributed by atoms with Gasteiger partial charge in [0.25, 0.3) is 0 Å². The molecule has 1 saturated carbocycles. The maximum Gasteiger partial charge on any atom is 0.104 e. The van der Waals surface area contributed by atoms with Crippen molar-refractivity contribution in [1.82, 2.24) is 0 Å². The van der Waals surface area contributed by atoms with Crippen molar-refractivity contribution in [1.29, 1.82) is 5.26 Å². The van der Waals surface area contributed by atoms with Gasteiger partial charge in [0, 0.05) is 10.3 Å². The molecule has 1 fully saturated rings. The van der Waals surface area contributed by atoms with E-state index in [1.807, 2.05) is 0 Å². The highest BCUT2D eigenvalue weighted by Crippen LogP contribution is 2.70. The molecule has 84 valence electrons. The van der Waals surface area contributed by atoms with Gasteiger partial charge in [0.1, 0.15) is 11.1 Å². The Kier molecular flexibility index (Phi) is 1.67. The molecule has 1 aromatic rings. The van der Waals surface area contributed by atoms with E-state index >= 15 is 0 Å². The number of nitrogens with zero attached hydrogens (tertiary/aromatic N) is 1. The normalized spacial score (nSPS) is 33.8. The first kappa shape index (κ1) is 10.2. The molecule has 1 heterocycles. The van der Waals surface area contributed by atoms with Gasteiger partial charge in [0.15, 0.2) is 0 Å². The number of nitriles is 1. The molecule has 0 aliphatic heterocycles. The van der Waals surface area contributed by atoms with Gasteiger partial charge in [-0.15, -0.1) is 11.3 Å². The van der Waals surface area contributed by atoms with Crippen molar-refractivity contribution in [2.24, 2.45) is 5.41 Å². The zero-order valence-electron chi connectivity index (χ0n) is 9.92. The lowest BCUT2D eigenvalue weighted by atomic mass is 9.68. The number of hydrogen-bond acceptors (Lipinski definition) is 3. The molecule has 3 heteroatoms. The largest absolute Gasteiger partial charge is 0.389 e. The Balaban J connectivity index is 2.35. The maximum absolute atomic E-state index is 9.26. The Labute approximate surface area is 100 Å². The molecule has 0 radical (unpaired) electrons. The molecule has 2 atom stereocenters. The lowest BCUT2D eigenvalue weighted by molar-refractivity contribution is 0.231. The van der Waals surface area contributed by atoms with Gasteiger partial charge in [-0.3, -0.25) is 0 Å². The fourth-order valence-corrected chi connectivity index (χ4v) is 5.25. The summed E-state index contributed by atoms with van der Waals surface area (Å²) in [6, 6.07) is 2.31.